The van der Waals surface area contributed by atoms with Gasteiger partial charge in [0.15, 0.2) is 0 Å². The maximum absolute atomic E-state index is 13.2. The Balaban J connectivity index is 1.42. The van der Waals surface area contributed by atoms with E-state index in [9.17, 15) is 4.79 Å². The van der Waals surface area contributed by atoms with Crippen molar-refractivity contribution in [1.29, 1.82) is 0 Å². The van der Waals surface area contributed by atoms with Gasteiger partial charge >= 0.3 is 0 Å². The molecule has 0 unspecified atom stereocenters. The highest BCUT2D eigenvalue weighted by atomic mass is 16.3. The first-order chi connectivity index (χ1) is 20.3. The average molecular weight is 528 g/mol. The van der Waals surface area contributed by atoms with E-state index in [0.29, 0.717) is 21.9 Å². The van der Waals surface area contributed by atoms with Gasteiger partial charge in [0.05, 0.1) is 38.4 Å². The first-order valence-corrected chi connectivity index (χ1v) is 13.6. The minimum absolute atomic E-state index is 0.0206. The Kier molecular flexibility index (Phi) is 4.41. The van der Waals surface area contributed by atoms with E-state index in [1.54, 1.807) is 0 Å². The summed E-state index contributed by atoms with van der Waals surface area (Å²) in [5.74, 6) is 0. The Morgan fingerprint density at radius 2 is 1.20 bits per heavy atom. The number of benzene rings is 5. The molecule has 0 spiro atoms. The van der Waals surface area contributed by atoms with E-state index in [-0.39, 0.29) is 5.43 Å². The molecule has 0 aliphatic rings. The number of pyridine rings is 1. The fourth-order valence-corrected chi connectivity index (χ4v) is 6.44. The van der Waals surface area contributed by atoms with E-state index in [1.165, 1.54) is 10.8 Å². The molecule has 9 rings (SSSR count). The van der Waals surface area contributed by atoms with E-state index < -0.39 is 0 Å². The van der Waals surface area contributed by atoms with E-state index in [2.05, 4.69) is 75.9 Å². The molecule has 0 fully saturated rings. The van der Waals surface area contributed by atoms with Crippen molar-refractivity contribution in [2.24, 2.45) is 0 Å². The van der Waals surface area contributed by atoms with E-state index >= 15 is 0 Å². The van der Waals surface area contributed by atoms with Gasteiger partial charge in [-0.2, -0.15) is 0 Å². The summed E-state index contributed by atoms with van der Waals surface area (Å²) in [6.07, 6.45) is 1.85. The second-order valence-electron chi connectivity index (χ2n) is 10.4. The Labute approximate surface area is 233 Å². The summed E-state index contributed by atoms with van der Waals surface area (Å²) < 4.78 is 10.8. The Bertz CT molecular complexity index is 2550. The summed E-state index contributed by atoms with van der Waals surface area (Å²) in [4.78, 5) is 18.1. The number of rotatable bonds is 2. The molecule has 0 amide bonds. The lowest BCUT2D eigenvalue weighted by Gasteiger charge is -2.10. The highest BCUT2D eigenvalue weighted by molar-refractivity contribution is 6.28. The van der Waals surface area contributed by atoms with Crippen LogP contribution in [-0.2, 0) is 0 Å². The number of hydrogen-bond acceptors (Lipinski definition) is 3. The van der Waals surface area contributed by atoms with Gasteiger partial charge < -0.3 is 13.6 Å². The molecule has 0 saturated carbocycles. The standard InChI is InChI=1S/C36H21N3O2/c40-36-25-12-5-7-15-31(25)41-32-21-23(16-17-26(32)36)39-29-19-18-28-33(34(29)35-30(39)14-8-20-37-35)24-11-4-6-13-27(24)38(28)22-9-2-1-3-10-22/h1-21H. The van der Waals surface area contributed by atoms with Crippen LogP contribution in [0.2, 0.25) is 0 Å². The molecule has 5 heteroatoms. The number of aromatic nitrogens is 3. The van der Waals surface area contributed by atoms with Crippen LogP contribution < -0.4 is 5.43 Å². The van der Waals surface area contributed by atoms with Gasteiger partial charge in [0.2, 0.25) is 5.43 Å². The van der Waals surface area contributed by atoms with Crippen LogP contribution in [-0.4, -0.2) is 14.1 Å². The molecular weight excluding hydrogens is 506 g/mol. The lowest BCUT2D eigenvalue weighted by atomic mass is 10.1. The predicted molar refractivity (Wildman–Crippen MR) is 166 cm³/mol. The Morgan fingerprint density at radius 3 is 2.07 bits per heavy atom. The zero-order valence-corrected chi connectivity index (χ0v) is 21.8. The Morgan fingerprint density at radius 1 is 0.512 bits per heavy atom. The first-order valence-electron chi connectivity index (χ1n) is 13.6. The minimum atomic E-state index is -0.0206. The van der Waals surface area contributed by atoms with Crippen LogP contribution in [0.25, 0.3) is 77.1 Å². The maximum Gasteiger partial charge on any atom is 0.200 e. The van der Waals surface area contributed by atoms with Crippen LogP contribution in [0.4, 0.5) is 0 Å². The summed E-state index contributed by atoms with van der Waals surface area (Å²) in [5, 5.41) is 4.61. The number of fused-ring (bicyclic) bond motifs is 9. The van der Waals surface area contributed by atoms with Crippen LogP contribution in [0, 0.1) is 0 Å². The third kappa shape index (κ3) is 3.00. The topological polar surface area (TPSA) is 53.0 Å². The summed E-state index contributed by atoms with van der Waals surface area (Å²) in [7, 11) is 0. The van der Waals surface area contributed by atoms with Crippen LogP contribution in [0.3, 0.4) is 0 Å². The van der Waals surface area contributed by atoms with E-state index in [0.717, 1.165) is 44.3 Å². The van der Waals surface area contributed by atoms with Crippen molar-refractivity contribution in [2.45, 2.75) is 0 Å². The van der Waals surface area contributed by atoms with Gasteiger partial charge in [-0.05, 0) is 66.7 Å². The van der Waals surface area contributed by atoms with Crippen LogP contribution in [0.1, 0.15) is 0 Å². The second-order valence-corrected chi connectivity index (χ2v) is 10.4. The lowest BCUT2D eigenvalue weighted by Crippen LogP contribution is -2.03. The zero-order valence-electron chi connectivity index (χ0n) is 21.8. The molecule has 0 bridgehead atoms. The smallest absolute Gasteiger partial charge is 0.200 e. The molecule has 4 heterocycles. The average Bonchev–Trinajstić information content (AvgIpc) is 3.54. The largest absolute Gasteiger partial charge is 0.456 e. The predicted octanol–water partition coefficient (Wildman–Crippen LogP) is 8.54. The molecule has 0 radical (unpaired) electrons. The Hall–Kier alpha value is -5.68. The van der Waals surface area contributed by atoms with Crippen molar-refractivity contribution in [1.82, 2.24) is 14.1 Å². The van der Waals surface area contributed by atoms with Crippen molar-refractivity contribution in [3.8, 4) is 11.4 Å². The van der Waals surface area contributed by atoms with Crippen LogP contribution >= 0.6 is 0 Å². The van der Waals surface area contributed by atoms with Crippen LogP contribution in [0.15, 0.2) is 137 Å². The molecule has 0 aliphatic carbocycles. The number of para-hydroxylation sites is 3. The molecule has 0 aliphatic heterocycles. The van der Waals surface area contributed by atoms with Gasteiger partial charge in [-0.1, -0.05) is 48.5 Å². The van der Waals surface area contributed by atoms with Gasteiger partial charge in [-0.15, -0.1) is 0 Å². The highest BCUT2D eigenvalue weighted by Gasteiger charge is 2.21. The summed E-state index contributed by atoms with van der Waals surface area (Å²) >= 11 is 0. The van der Waals surface area contributed by atoms with Gasteiger partial charge in [0, 0.05) is 39.8 Å². The second kappa shape index (κ2) is 8.16. The van der Waals surface area contributed by atoms with Crippen molar-refractivity contribution in [3.05, 3.63) is 138 Å². The van der Waals surface area contributed by atoms with Crippen molar-refractivity contribution < 1.29 is 4.42 Å². The monoisotopic (exact) mass is 527 g/mol. The molecule has 9 aromatic rings. The van der Waals surface area contributed by atoms with Gasteiger partial charge in [-0.3, -0.25) is 9.78 Å². The normalized spacial score (nSPS) is 12.0. The van der Waals surface area contributed by atoms with Gasteiger partial charge in [0.25, 0.3) is 0 Å². The number of hydrogen-bond donors (Lipinski definition) is 0. The SMILES string of the molecule is O=c1c2ccccc2oc2cc(-n3c4cccnc4c4c5c6ccccc6n(-c6ccccc6)c5ccc43)ccc12. The lowest BCUT2D eigenvalue weighted by molar-refractivity contribution is 0.659. The molecule has 0 N–H and O–H groups in total. The summed E-state index contributed by atoms with van der Waals surface area (Å²) in [5.41, 5.74) is 8.41. The zero-order chi connectivity index (χ0) is 27.1. The van der Waals surface area contributed by atoms with E-state index in [4.69, 9.17) is 9.40 Å². The fourth-order valence-electron chi connectivity index (χ4n) is 6.44. The van der Waals surface area contributed by atoms with Crippen molar-refractivity contribution in [3.63, 3.8) is 0 Å². The molecule has 0 saturated heterocycles. The molecule has 41 heavy (non-hydrogen) atoms. The molecule has 192 valence electrons. The van der Waals surface area contributed by atoms with Gasteiger partial charge in [0.1, 0.15) is 11.2 Å². The van der Waals surface area contributed by atoms with Crippen molar-refractivity contribution in [2.75, 3.05) is 0 Å². The van der Waals surface area contributed by atoms with E-state index in [1.807, 2.05) is 60.8 Å². The third-order valence-electron chi connectivity index (χ3n) is 8.16. The summed E-state index contributed by atoms with van der Waals surface area (Å²) in [6.45, 7) is 0. The molecular formula is C36H21N3O2. The third-order valence-corrected chi connectivity index (χ3v) is 8.16. The van der Waals surface area contributed by atoms with Gasteiger partial charge in [-0.25, -0.2) is 0 Å². The molecule has 0 atom stereocenters. The quantitative estimate of drug-likeness (QED) is 0.212. The first kappa shape index (κ1) is 22.2. The molecule has 5 nitrogen and oxygen atoms in total. The highest BCUT2D eigenvalue weighted by Crippen LogP contribution is 2.41. The molecule has 5 aromatic carbocycles. The number of nitrogens with zero attached hydrogens (tertiary/aromatic N) is 3. The van der Waals surface area contributed by atoms with Crippen LogP contribution in [0.5, 0.6) is 0 Å². The maximum atomic E-state index is 13.2. The van der Waals surface area contributed by atoms with Crippen molar-refractivity contribution >= 4 is 65.7 Å². The summed E-state index contributed by atoms with van der Waals surface area (Å²) in [6, 6.07) is 40.7. The molecule has 4 aromatic heterocycles. The minimum Gasteiger partial charge on any atom is -0.456 e. The fraction of sp³-hybridized carbons (Fsp3) is 0.